The highest BCUT2D eigenvalue weighted by Gasteiger charge is 2.42. The summed E-state index contributed by atoms with van der Waals surface area (Å²) in [5.74, 6) is 3.07. The summed E-state index contributed by atoms with van der Waals surface area (Å²) in [6, 6.07) is 1.75. The summed E-state index contributed by atoms with van der Waals surface area (Å²) in [7, 11) is 1.60. The summed E-state index contributed by atoms with van der Waals surface area (Å²) < 4.78 is 10.3. The summed E-state index contributed by atoms with van der Waals surface area (Å²) in [5, 5.41) is 3.93. The molecule has 1 amide bonds. The van der Waals surface area contributed by atoms with Crippen molar-refractivity contribution in [3.05, 3.63) is 29.3 Å². The van der Waals surface area contributed by atoms with Crippen LogP contribution in [0.5, 0.6) is 5.88 Å². The van der Waals surface area contributed by atoms with E-state index in [1.165, 1.54) is 0 Å². The Bertz CT molecular complexity index is 787. The molecule has 0 aromatic carbocycles. The molecule has 2 aromatic heterocycles. The lowest BCUT2D eigenvalue weighted by atomic mass is 10.0. The number of carbonyl (C=O) groups excluding carboxylic acids is 1. The lowest BCUT2D eigenvalue weighted by molar-refractivity contribution is -0.129. The van der Waals surface area contributed by atoms with E-state index in [0.29, 0.717) is 30.1 Å². The molecule has 0 radical (unpaired) electrons. The van der Waals surface area contributed by atoms with Gasteiger partial charge in [0.25, 0.3) is 0 Å². The molecule has 8 nitrogen and oxygen atoms in total. The van der Waals surface area contributed by atoms with E-state index in [-0.39, 0.29) is 5.91 Å². The highest BCUT2D eigenvalue weighted by molar-refractivity contribution is 5.79. The van der Waals surface area contributed by atoms with Crippen LogP contribution in [0, 0.1) is 25.7 Å². The van der Waals surface area contributed by atoms with Gasteiger partial charge in [-0.2, -0.15) is 4.98 Å². The summed E-state index contributed by atoms with van der Waals surface area (Å²) in [6.45, 7) is 7.04. The molecule has 4 heterocycles. The highest BCUT2D eigenvalue weighted by Crippen LogP contribution is 2.33. The van der Waals surface area contributed by atoms with Crippen molar-refractivity contribution >= 4 is 11.9 Å². The van der Waals surface area contributed by atoms with E-state index in [2.05, 4.69) is 20.0 Å². The van der Waals surface area contributed by atoms with E-state index in [1.807, 2.05) is 18.7 Å². The van der Waals surface area contributed by atoms with Crippen LogP contribution in [0.2, 0.25) is 0 Å². The first-order chi connectivity index (χ1) is 12.5. The van der Waals surface area contributed by atoms with Gasteiger partial charge in [0.05, 0.1) is 19.2 Å². The Labute approximate surface area is 152 Å². The number of nitrogens with zero attached hydrogens (tertiary/aromatic N) is 5. The van der Waals surface area contributed by atoms with E-state index < -0.39 is 0 Å². The standard InChI is InChI=1S/C18H23N5O3/c1-11-15(12(2)26-21-11)6-17(24)22-7-13-9-23(10-14(13)8-22)18-19-5-4-16(20-18)25-3/h4-5,13-14H,6-10H2,1-3H3. The molecule has 0 aliphatic carbocycles. The largest absolute Gasteiger partial charge is 0.481 e. The molecule has 2 aliphatic heterocycles. The summed E-state index contributed by atoms with van der Waals surface area (Å²) >= 11 is 0. The van der Waals surface area contributed by atoms with Crippen LogP contribution in [-0.4, -0.2) is 59.2 Å². The predicted octanol–water partition coefficient (Wildman–Crippen LogP) is 1.23. The third-order valence-electron chi connectivity index (χ3n) is 5.46. The minimum atomic E-state index is 0.151. The number of hydrogen-bond acceptors (Lipinski definition) is 7. The minimum absolute atomic E-state index is 0.151. The molecule has 26 heavy (non-hydrogen) atoms. The topological polar surface area (TPSA) is 84.6 Å². The van der Waals surface area contributed by atoms with Gasteiger partial charge in [-0.05, 0) is 13.8 Å². The first kappa shape index (κ1) is 16.8. The van der Waals surface area contributed by atoms with Crippen molar-refractivity contribution in [3.8, 4) is 5.88 Å². The van der Waals surface area contributed by atoms with E-state index >= 15 is 0 Å². The van der Waals surface area contributed by atoms with Gasteiger partial charge in [0.1, 0.15) is 5.76 Å². The van der Waals surface area contributed by atoms with E-state index in [0.717, 1.165) is 43.2 Å². The Morgan fingerprint density at radius 2 is 2.00 bits per heavy atom. The van der Waals surface area contributed by atoms with E-state index in [4.69, 9.17) is 9.26 Å². The SMILES string of the molecule is COc1ccnc(N2CC3CN(C(=O)Cc4c(C)noc4C)CC3C2)n1. The smallest absolute Gasteiger partial charge is 0.228 e. The van der Waals surface area contributed by atoms with Gasteiger partial charge >= 0.3 is 0 Å². The maximum atomic E-state index is 12.7. The van der Waals surface area contributed by atoms with Gasteiger partial charge in [-0.25, -0.2) is 4.98 Å². The Balaban J connectivity index is 1.38. The molecule has 0 bridgehead atoms. The van der Waals surface area contributed by atoms with Gasteiger partial charge < -0.3 is 19.1 Å². The van der Waals surface area contributed by atoms with Crippen LogP contribution in [0.25, 0.3) is 0 Å². The molecule has 138 valence electrons. The second kappa shape index (κ2) is 6.59. The molecular weight excluding hydrogens is 334 g/mol. The zero-order valence-electron chi connectivity index (χ0n) is 15.3. The maximum Gasteiger partial charge on any atom is 0.228 e. The number of carbonyl (C=O) groups is 1. The zero-order chi connectivity index (χ0) is 18.3. The molecular formula is C18H23N5O3. The summed E-state index contributed by atoms with van der Waals surface area (Å²) in [4.78, 5) is 25.6. The highest BCUT2D eigenvalue weighted by atomic mass is 16.5. The van der Waals surface area contributed by atoms with Crippen molar-refractivity contribution < 1.29 is 14.1 Å². The average molecular weight is 357 g/mol. The fraction of sp³-hybridized carbons (Fsp3) is 0.556. The number of methoxy groups -OCH3 is 1. The van der Waals surface area contributed by atoms with Gasteiger partial charge in [0.2, 0.25) is 17.7 Å². The van der Waals surface area contributed by atoms with Crippen LogP contribution in [0.15, 0.2) is 16.8 Å². The molecule has 4 rings (SSSR count). The molecule has 2 atom stereocenters. The quantitative estimate of drug-likeness (QED) is 0.813. The number of likely N-dealkylation sites (tertiary alicyclic amines) is 1. The number of anilines is 1. The van der Waals surface area contributed by atoms with Crippen LogP contribution in [0.3, 0.4) is 0 Å². The Kier molecular flexibility index (Phi) is 4.26. The number of ether oxygens (including phenoxy) is 1. The summed E-state index contributed by atoms with van der Waals surface area (Å²) in [6.07, 6.45) is 2.08. The van der Waals surface area contributed by atoms with Crippen molar-refractivity contribution in [2.45, 2.75) is 20.3 Å². The van der Waals surface area contributed by atoms with Crippen LogP contribution >= 0.6 is 0 Å². The lowest BCUT2D eigenvalue weighted by Crippen LogP contribution is -2.34. The number of amides is 1. The second-order valence-electron chi connectivity index (χ2n) is 7.10. The molecule has 2 aromatic rings. The first-order valence-electron chi connectivity index (χ1n) is 8.86. The van der Waals surface area contributed by atoms with Crippen LogP contribution in [0.4, 0.5) is 5.95 Å². The molecule has 0 N–H and O–H groups in total. The number of aryl methyl sites for hydroxylation is 2. The van der Waals surface area contributed by atoms with E-state index in [1.54, 1.807) is 19.4 Å². The fourth-order valence-corrected chi connectivity index (χ4v) is 3.98. The van der Waals surface area contributed by atoms with Gasteiger partial charge in [-0.1, -0.05) is 5.16 Å². The van der Waals surface area contributed by atoms with Gasteiger partial charge in [0, 0.05) is 55.8 Å². The van der Waals surface area contributed by atoms with Gasteiger partial charge in [-0.3, -0.25) is 4.79 Å². The lowest BCUT2D eigenvalue weighted by Gasteiger charge is -2.22. The zero-order valence-corrected chi connectivity index (χ0v) is 15.3. The second-order valence-corrected chi connectivity index (χ2v) is 7.10. The number of hydrogen-bond donors (Lipinski definition) is 0. The monoisotopic (exact) mass is 357 g/mol. The average Bonchev–Trinajstić information content (AvgIpc) is 3.30. The fourth-order valence-electron chi connectivity index (χ4n) is 3.98. The molecule has 2 fully saturated rings. The summed E-state index contributed by atoms with van der Waals surface area (Å²) in [5.41, 5.74) is 1.72. The molecule has 0 spiro atoms. The predicted molar refractivity (Wildman–Crippen MR) is 94.0 cm³/mol. The molecule has 2 unspecified atom stereocenters. The minimum Gasteiger partial charge on any atom is -0.481 e. The van der Waals surface area contributed by atoms with Crippen molar-refractivity contribution in [3.63, 3.8) is 0 Å². The molecule has 8 heteroatoms. The number of aromatic nitrogens is 3. The Hall–Kier alpha value is -2.64. The molecule has 0 saturated carbocycles. The first-order valence-corrected chi connectivity index (χ1v) is 8.86. The van der Waals surface area contributed by atoms with E-state index in [9.17, 15) is 4.79 Å². The van der Waals surface area contributed by atoms with Crippen LogP contribution in [-0.2, 0) is 11.2 Å². The third kappa shape index (κ3) is 3.00. The van der Waals surface area contributed by atoms with Crippen LogP contribution in [0.1, 0.15) is 17.0 Å². The van der Waals surface area contributed by atoms with Crippen molar-refractivity contribution in [2.75, 3.05) is 38.2 Å². The van der Waals surface area contributed by atoms with Crippen LogP contribution < -0.4 is 9.64 Å². The van der Waals surface area contributed by atoms with Gasteiger partial charge in [0.15, 0.2) is 0 Å². The van der Waals surface area contributed by atoms with Gasteiger partial charge in [-0.15, -0.1) is 0 Å². The van der Waals surface area contributed by atoms with Crippen molar-refractivity contribution in [1.29, 1.82) is 0 Å². The Morgan fingerprint density at radius 1 is 1.27 bits per heavy atom. The maximum absolute atomic E-state index is 12.7. The number of fused-ring (bicyclic) bond motifs is 1. The number of rotatable bonds is 4. The van der Waals surface area contributed by atoms with Crippen molar-refractivity contribution in [2.24, 2.45) is 11.8 Å². The normalized spacial score (nSPS) is 22.0. The van der Waals surface area contributed by atoms with Crippen molar-refractivity contribution in [1.82, 2.24) is 20.0 Å². The molecule has 2 saturated heterocycles. The molecule has 2 aliphatic rings. The Morgan fingerprint density at radius 3 is 2.62 bits per heavy atom. The third-order valence-corrected chi connectivity index (χ3v) is 5.46.